The molecule has 18 nitrogen and oxygen atoms in total. The Bertz CT molecular complexity index is 1200. The van der Waals surface area contributed by atoms with Crippen LogP contribution < -0.4 is 0 Å². The summed E-state index contributed by atoms with van der Waals surface area (Å²) in [6.07, 6.45) is 5.64. The largest absolute Gasteiger partial charge is 0.463 e. The van der Waals surface area contributed by atoms with E-state index < -0.39 is 5.97 Å². The number of hydrogen-bond donors (Lipinski definition) is 0. The van der Waals surface area contributed by atoms with Gasteiger partial charge in [0.05, 0.1) is 177 Å². The number of unbranched alkanes of at least 4 members (excludes halogenated alkanes) is 1. The molecule has 64 heavy (non-hydrogen) atoms. The minimum absolute atomic E-state index is 0.127. The van der Waals surface area contributed by atoms with E-state index in [4.69, 9.17) is 71.1 Å². The Hall–Kier alpha value is -1.99. The van der Waals surface area contributed by atoms with Gasteiger partial charge in [0.1, 0.15) is 19.5 Å². The van der Waals surface area contributed by atoms with Crippen molar-refractivity contribution in [2.24, 2.45) is 0 Å². The van der Waals surface area contributed by atoms with Gasteiger partial charge in [-0.3, -0.25) is 9.59 Å². The number of rotatable bonds is 49. The SMILES string of the molecule is O=Cc1ccc(C(=O)OCCOCCOCCOCCOCCOCCOCCOCCOCCOCCOCCOCCOCCOCCOC(=O)CCCCC2CCSS2)cc1. The molecule has 1 aromatic carbocycles. The third-order valence-corrected chi connectivity index (χ3v) is 11.6. The van der Waals surface area contributed by atoms with E-state index in [-0.39, 0.29) is 25.8 Å². The van der Waals surface area contributed by atoms with Crippen molar-refractivity contribution in [3.63, 3.8) is 0 Å². The van der Waals surface area contributed by atoms with Gasteiger partial charge >= 0.3 is 11.9 Å². The average molecular weight is 955 g/mol. The molecule has 1 aliphatic rings. The van der Waals surface area contributed by atoms with Crippen molar-refractivity contribution in [3.8, 4) is 0 Å². The second-order valence-electron chi connectivity index (χ2n) is 13.6. The van der Waals surface area contributed by atoms with Crippen LogP contribution in [0.3, 0.4) is 0 Å². The third-order valence-electron chi connectivity index (χ3n) is 8.58. The highest BCUT2D eigenvalue weighted by atomic mass is 33.1. The highest BCUT2D eigenvalue weighted by Crippen LogP contribution is 2.39. The predicted molar refractivity (Wildman–Crippen MR) is 241 cm³/mol. The summed E-state index contributed by atoms with van der Waals surface area (Å²) in [5.74, 6) is 0.635. The molecule has 0 saturated carbocycles. The quantitative estimate of drug-likeness (QED) is 0.0392. The molecule has 0 radical (unpaired) electrons. The first kappa shape index (κ1) is 58.1. The van der Waals surface area contributed by atoms with Gasteiger partial charge in [-0.25, -0.2) is 4.79 Å². The fraction of sp³-hybridized carbons (Fsp3) is 0.795. The number of benzene rings is 1. The highest BCUT2D eigenvalue weighted by Gasteiger charge is 2.16. The minimum Gasteiger partial charge on any atom is -0.463 e. The molecular formula is C44H74O18S2. The Balaban J connectivity index is 1.12. The van der Waals surface area contributed by atoms with E-state index >= 15 is 0 Å². The summed E-state index contributed by atoms with van der Waals surface area (Å²) in [6, 6.07) is 6.21. The maximum atomic E-state index is 11.9. The lowest BCUT2D eigenvalue weighted by molar-refractivity contribution is -0.145. The number of carbonyl (C=O) groups excluding carboxylic acids is 3. The summed E-state index contributed by atoms with van der Waals surface area (Å²) in [5.41, 5.74) is 0.878. The van der Waals surface area contributed by atoms with Crippen molar-refractivity contribution in [1.82, 2.24) is 0 Å². The van der Waals surface area contributed by atoms with Gasteiger partial charge in [-0.15, -0.1) is 0 Å². The third kappa shape index (κ3) is 38.1. The summed E-state index contributed by atoms with van der Waals surface area (Å²) in [7, 11) is 3.93. The topological polar surface area (TPSA) is 190 Å². The molecule has 20 heteroatoms. The van der Waals surface area contributed by atoms with Crippen LogP contribution in [0, 0.1) is 0 Å². The molecular weight excluding hydrogens is 881 g/mol. The van der Waals surface area contributed by atoms with E-state index in [2.05, 4.69) is 0 Å². The van der Waals surface area contributed by atoms with Crippen LogP contribution in [0.5, 0.6) is 0 Å². The molecule has 0 spiro atoms. The molecule has 0 bridgehead atoms. The van der Waals surface area contributed by atoms with Crippen molar-refractivity contribution in [2.75, 3.05) is 191 Å². The highest BCUT2D eigenvalue weighted by molar-refractivity contribution is 8.77. The fourth-order valence-corrected chi connectivity index (χ4v) is 8.24. The molecule has 1 aromatic rings. The van der Waals surface area contributed by atoms with Crippen molar-refractivity contribution >= 4 is 39.8 Å². The molecule has 1 heterocycles. The van der Waals surface area contributed by atoms with Gasteiger partial charge in [0.2, 0.25) is 0 Å². The van der Waals surface area contributed by atoms with E-state index in [9.17, 15) is 14.4 Å². The average Bonchev–Trinajstić information content (AvgIpc) is 3.84. The summed E-state index contributed by atoms with van der Waals surface area (Å²) >= 11 is 0. The first-order valence-electron chi connectivity index (χ1n) is 22.4. The molecule has 1 atom stereocenters. The Labute approximate surface area is 387 Å². The zero-order chi connectivity index (χ0) is 45.5. The lowest BCUT2D eigenvalue weighted by Gasteiger charge is -2.09. The van der Waals surface area contributed by atoms with E-state index in [1.165, 1.54) is 18.6 Å². The second kappa shape index (κ2) is 46.1. The van der Waals surface area contributed by atoms with Crippen LogP contribution >= 0.6 is 21.6 Å². The smallest absolute Gasteiger partial charge is 0.338 e. The van der Waals surface area contributed by atoms with E-state index in [1.54, 1.807) is 24.3 Å². The summed E-state index contributed by atoms with van der Waals surface area (Å²) in [5, 5.41) is 0.757. The van der Waals surface area contributed by atoms with Crippen LogP contribution in [0.1, 0.15) is 52.8 Å². The molecule has 0 aliphatic carbocycles. The maximum Gasteiger partial charge on any atom is 0.338 e. The van der Waals surface area contributed by atoms with Gasteiger partial charge in [0.25, 0.3) is 0 Å². The Morgan fingerprint density at radius 3 is 1.09 bits per heavy atom. The molecule has 0 aromatic heterocycles. The molecule has 370 valence electrons. The number of ether oxygens (including phenoxy) is 15. The van der Waals surface area contributed by atoms with Crippen LogP contribution in [0.2, 0.25) is 0 Å². The summed E-state index contributed by atoms with van der Waals surface area (Å²) in [4.78, 5) is 34.4. The van der Waals surface area contributed by atoms with Gasteiger partial charge in [-0.2, -0.15) is 0 Å². The lowest BCUT2D eigenvalue weighted by Crippen LogP contribution is -2.16. The normalized spacial score (nSPS) is 13.7. The van der Waals surface area contributed by atoms with Crippen molar-refractivity contribution in [1.29, 1.82) is 0 Å². The first-order chi connectivity index (χ1) is 31.7. The Morgan fingerprint density at radius 1 is 0.453 bits per heavy atom. The van der Waals surface area contributed by atoms with Crippen molar-refractivity contribution < 1.29 is 85.4 Å². The standard InChI is InChI=1S/C44H74O18S2/c45-39-40-5-7-41(8-6-40)44(47)62-37-35-60-33-31-58-29-27-56-25-23-54-21-19-52-17-15-50-13-11-48-10-12-49-14-16-51-18-20-53-22-24-55-26-28-57-30-32-59-34-36-61-43(46)4-2-1-3-42-9-38-63-64-42/h5-8,39,42H,1-4,9-38H2. The number of aldehydes is 1. The summed E-state index contributed by atoms with van der Waals surface area (Å²) in [6.45, 7) is 12.2. The van der Waals surface area contributed by atoms with Gasteiger partial charge < -0.3 is 71.1 Å². The van der Waals surface area contributed by atoms with Crippen LogP contribution in [0.4, 0.5) is 0 Å². The molecule has 0 N–H and O–H groups in total. The van der Waals surface area contributed by atoms with Gasteiger partial charge in [-0.05, 0) is 31.4 Å². The molecule has 1 fully saturated rings. The van der Waals surface area contributed by atoms with Crippen LogP contribution in [0.15, 0.2) is 24.3 Å². The molecule has 1 saturated heterocycles. The Kier molecular flexibility index (Phi) is 41.9. The van der Waals surface area contributed by atoms with Gasteiger partial charge in [-0.1, -0.05) is 40.1 Å². The van der Waals surface area contributed by atoms with Crippen LogP contribution in [0.25, 0.3) is 0 Å². The van der Waals surface area contributed by atoms with E-state index in [0.717, 1.165) is 18.1 Å². The van der Waals surface area contributed by atoms with Crippen LogP contribution in [-0.2, 0) is 75.8 Å². The molecule has 1 aliphatic heterocycles. The number of hydrogen-bond acceptors (Lipinski definition) is 20. The molecule has 1 unspecified atom stereocenters. The minimum atomic E-state index is -0.465. The number of carbonyl (C=O) groups is 3. The second-order valence-corrected chi connectivity index (χ2v) is 16.4. The lowest BCUT2D eigenvalue weighted by atomic mass is 10.1. The summed E-state index contributed by atoms with van der Waals surface area (Å²) < 4.78 is 81.6. The first-order valence-corrected chi connectivity index (χ1v) is 24.7. The van der Waals surface area contributed by atoms with E-state index in [1.807, 2.05) is 21.6 Å². The van der Waals surface area contributed by atoms with Gasteiger partial charge in [0, 0.05) is 23.0 Å². The zero-order valence-corrected chi connectivity index (χ0v) is 39.3. The van der Waals surface area contributed by atoms with Crippen LogP contribution in [-0.4, -0.2) is 214 Å². The van der Waals surface area contributed by atoms with Crippen molar-refractivity contribution in [2.45, 2.75) is 37.4 Å². The monoisotopic (exact) mass is 954 g/mol. The van der Waals surface area contributed by atoms with Crippen molar-refractivity contribution in [3.05, 3.63) is 35.4 Å². The zero-order valence-electron chi connectivity index (χ0n) is 37.7. The Morgan fingerprint density at radius 2 is 0.781 bits per heavy atom. The number of esters is 2. The van der Waals surface area contributed by atoms with E-state index in [0.29, 0.717) is 189 Å². The molecule has 2 rings (SSSR count). The predicted octanol–water partition coefficient (Wildman–Crippen LogP) is 4.13. The van der Waals surface area contributed by atoms with Gasteiger partial charge in [0.15, 0.2) is 0 Å². The molecule has 0 amide bonds. The maximum absolute atomic E-state index is 11.9. The fourth-order valence-electron chi connectivity index (χ4n) is 5.21.